The molecule has 0 unspecified atom stereocenters. The van der Waals surface area contributed by atoms with Crippen molar-refractivity contribution in [3.8, 4) is 0 Å². The molecular weight excluding hydrogens is 258 g/mol. The minimum Gasteiger partial charge on any atom is -0.477 e. The topological polar surface area (TPSA) is 49.3 Å². The number of para-hydroxylation sites is 1. The van der Waals surface area contributed by atoms with E-state index in [1.54, 1.807) is 6.07 Å². The minimum absolute atomic E-state index is 0.383. The molecule has 0 spiro atoms. The summed E-state index contributed by atoms with van der Waals surface area (Å²) in [5.74, 6) is -0.402. The molecule has 0 amide bonds. The van der Waals surface area contributed by atoms with Gasteiger partial charge in [0, 0.05) is 17.1 Å². The SMILES string of the molecule is CC(C)c1ccccc1NCc1ccc(C(=O)O)s1. The van der Waals surface area contributed by atoms with Crippen molar-refractivity contribution in [3.05, 3.63) is 51.7 Å². The Balaban J connectivity index is 2.08. The zero-order valence-corrected chi connectivity index (χ0v) is 11.8. The van der Waals surface area contributed by atoms with Crippen LogP contribution in [0, 0.1) is 0 Å². The van der Waals surface area contributed by atoms with E-state index in [4.69, 9.17) is 5.11 Å². The fourth-order valence-electron chi connectivity index (χ4n) is 1.93. The van der Waals surface area contributed by atoms with Gasteiger partial charge in [0.25, 0.3) is 0 Å². The van der Waals surface area contributed by atoms with Crippen LogP contribution in [0.4, 0.5) is 5.69 Å². The molecule has 0 bridgehead atoms. The van der Waals surface area contributed by atoms with Crippen LogP contribution < -0.4 is 5.32 Å². The first-order chi connectivity index (χ1) is 9.08. The Morgan fingerprint density at radius 2 is 2.00 bits per heavy atom. The molecule has 1 heterocycles. The molecule has 0 saturated heterocycles. The van der Waals surface area contributed by atoms with E-state index in [1.165, 1.54) is 16.9 Å². The van der Waals surface area contributed by atoms with Crippen molar-refractivity contribution in [2.45, 2.75) is 26.3 Å². The average Bonchev–Trinajstić information content (AvgIpc) is 2.85. The second kappa shape index (κ2) is 5.89. The number of aromatic carboxylic acids is 1. The van der Waals surface area contributed by atoms with Crippen LogP contribution >= 0.6 is 11.3 Å². The van der Waals surface area contributed by atoms with Crippen molar-refractivity contribution in [3.63, 3.8) is 0 Å². The lowest BCUT2D eigenvalue weighted by Gasteiger charge is -2.13. The third-order valence-electron chi connectivity index (χ3n) is 2.91. The number of nitrogens with one attached hydrogen (secondary N) is 1. The van der Waals surface area contributed by atoms with Gasteiger partial charge in [0.1, 0.15) is 4.88 Å². The number of thiophene rings is 1. The van der Waals surface area contributed by atoms with Crippen LogP contribution in [0.15, 0.2) is 36.4 Å². The highest BCUT2D eigenvalue weighted by Gasteiger charge is 2.08. The number of hydrogen-bond acceptors (Lipinski definition) is 3. The maximum absolute atomic E-state index is 10.8. The molecular formula is C15H17NO2S. The molecule has 0 fully saturated rings. The molecule has 4 heteroatoms. The van der Waals surface area contributed by atoms with Crippen LogP contribution in [0.5, 0.6) is 0 Å². The number of anilines is 1. The molecule has 1 aromatic heterocycles. The summed E-state index contributed by atoms with van der Waals surface area (Å²) < 4.78 is 0. The van der Waals surface area contributed by atoms with Crippen LogP contribution in [-0.4, -0.2) is 11.1 Å². The summed E-state index contributed by atoms with van der Waals surface area (Å²) in [6, 6.07) is 11.7. The van der Waals surface area contributed by atoms with E-state index in [-0.39, 0.29) is 0 Å². The molecule has 2 rings (SSSR count). The summed E-state index contributed by atoms with van der Waals surface area (Å²) in [6.45, 7) is 4.98. The predicted molar refractivity (Wildman–Crippen MR) is 79.1 cm³/mol. The average molecular weight is 275 g/mol. The molecule has 2 aromatic rings. The quantitative estimate of drug-likeness (QED) is 0.860. The van der Waals surface area contributed by atoms with Gasteiger partial charge in [-0.2, -0.15) is 0 Å². The first kappa shape index (κ1) is 13.6. The standard InChI is InChI=1S/C15H17NO2S/c1-10(2)12-5-3-4-6-13(12)16-9-11-7-8-14(19-11)15(17)18/h3-8,10,16H,9H2,1-2H3,(H,17,18). The highest BCUT2D eigenvalue weighted by molar-refractivity contribution is 7.13. The van der Waals surface area contributed by atoms with Crippen molar-refractivity contribution < 1.29 is 9.90 Å². The molecule has 0 atom stereocenters. The second-order valence-corrected chi connectivity index (χ2v) is 5.83. The highest BCUT2D eigenvalue weighted by Crippen LogP contribution is 2.25. The van der Waals surface area contributed by atoms with E-state index in [0.29, 0.717) is 17.3 Å². The second-order valence-electron chi connectivity index (χ2n) is 4.67. The molecule has 1 aromatic carbocycles. The number of carbonyl (C=O) groups is 1. The maximum Gasteiger partial charge on any atom is 0.345 e. The van der Waals surface area contributed by atoms with Gasteiger partial charge in [-0.3, -0.25) is 0 Å². The number of benzene rings is 1. The molecule has 0 radical (unpaired) electrons. The van der Waals surface area contributed by atoms with Crippen molar-refractivity contribution >= 4 is 23.0 Å². The van der Waals surface area contributed by atoms with Crippen LogP contribution in [0.3, 0.4) is 0 Å². The Bertz CT molecular complexity index is 575. The van der Waals surface area contributed by atoms with Crippen LogP contribution in [0.1, 0.15) is 39.9 Å². The van der Waals surface area contributed by atoms with Gasteiger partial charge in [-0.05, 0) is 29.7 Å². The Morgan fingerprint density at radius 1 is 1.26 bits per heavy atom. The lowest BCUT2D eigenvalue weighted by molar-refractivity contribution is 0.0702. The van der Waals surface area contributed by atoms with E-state index in [0.717, 1.165) is 10.6 Å². The fraction of sp³-hybridized carbons (Fsp3) is 0.267. The van der Waals surface area contributed by atoms with E-state index in [9.17, 15) is 4.79 Å². The normalized spacial score (nSPS) is 10.7. The van der Waals surface area contributed by atoms with Crippen molar-refractivity contribution in [1.29, 1.82) is 0 Å². The van der Waals surface area contributed by atoms with E-state index < -0.39 is 5.97 Å². The summed E-state index contributed by atoms with van der Waals surface area (Å²) >= 11 is 1.31. The van der Waals surface area contributed by atoms with E-state index in [2.05, 4.69) is 31.3 Å². The smallest absolute Gasteiger partial charge is 0.345 e. The Kier molecular flexibility index (Phi) is 4.22. The minimum atomic E-state index is -0.862. The van der Waals surface area contributed by atoms with Crippen molar-refractivity contribution in [1.82, 2.24) is 0 Å². The van der Waals surface area contributed by atoms with Crippen molar-refractivity contribution in [2.24, 2.45) is 0 Å². The number of carboxylic acid groups (broad SMARTS) is 1. The zero-order chi connectivity index (χ0) is 13.8. The molecule has 0 aliphatic heterocycles. The summed E-state index contributed by atoms with van der Waals surface area (Å²) in [4.78, 5) is 12.2. The lowest BCUT2D eigenvalue weighted by Crippen LogP contribution is -2.02. The van der Waals surface area contributed by atoms with Gasteiger partial charge in [0.15, 0.2) is 0 Å². The summed E-state index contributed by atoms with van der Waals surface area (Å²) in [7, 11) is 0. The Labute approximate surface area is 116 Å². The van der Waals surface area contributed by atoms with Crippen LogP contribution in [-0.2, 0) is 6.54 Å². The predicted octanol–water partition coefficient (Wildman–Crippen LogP) is 4.18. The summed E-state index contributed by atoms with van der Waals surface area (Å²) in [5.41, 5.74) is 2.39. The van der Waals surface area contributed by atoms with Gasteiger partial charge < -0.3 is 10.4 Å². The molecule has 19 heavy (non-hydrogen) atoms. The van der Waals surface area contributed by atoms with Gasteiger partial charge in [-0.15, -0.1) is 11.3 Å². The maximum atomic E-state index is 10.8. The Hall–Kier alpha value is -1.81. The summed E-state index contributed by atoms with van der Waals surface area (Å²) in [5, 5.41) is 12.3. The molecule has 0 saturated carbocycles. The van der Waals surface area contributed by atoms with Gasteiger partial charge in [-0.25, -0.2) is 4.79 Å². The third kappa shape index (κ3) is 3.35. The lowest BCUT2D eigenvalue weighted by atomic mass is 10.0. The third-order valence-corrected chi connectivity index (χ3v) is 3.98. The van der Waals surface area contributed by atoms with Crippen molar-refractivity contribution in [2.75, 3.05) is 5.32 Å². The molecule has 0 aliphatic rings. The van der Waals surface area contributed by atoms with Gasteiger partial charge in [0.05, 0.1) is 0 Å². The monoisotopic (exact) mass is 275 g/mol. The van der Waals surface area contributed by atoms with E-state index >= 15 is 0 Å². The zero-order valence-electron chi connectivity index (χ0n) is 11.0. The molecule has 2 N–H and O–H groups in total. The molecule has 3 nitrogen and oxygen atoms in total. The van der Waals surface area contributed by atoms with Gasteiger partial charge >= 0.3 is 5.97 Å². The fourth-order valence-corrected chi connectivity index (χ4v) is 2.72. The number of carboxylic acids is 1. The molecule has 0 aliphatic carbocycles. The summed E-state index contributed by atoms with van der Waals surface area (Å²) in [6.07, 6.45) is 0. The van der Waals surface area contributed by atoms with Crippen LogP contribution in [0.25, 0.3) is 0 Å². The number of rotatable bonds is 5. The van der Waals surface area contributed by atoms with E-state index in [1.807, 2.05) is 18.2 Å². The van der Waals surface area contributed by atoms with Crippen LogP contribution in [0.2, 0.25) is 0 Å². The van der Waals surface area contributed by atoms with Gasteiger partial charge in [0.2, 0.25) is 0 Å². The highest BCUT2D eigenvalue weighted by atomic mass is 32.1. The number of hydrogen-bond donors (Lipinski definition) is 2. The molecule has 100 valence electrons. The van der Waals surface area contributed by atoms with Gasteiger partial charge in [-0.1, -0.05) is 32.0 Å². The largest absolute Gasteiger partial charge is 0.477 e. The first-order valence-corrected chi connectivity index (χ1v) is 7.04. The Morgan fingerprint density at radius 3 is 2.63 bits per heavy atom. The first-order valence-electron chi connectivity index (χ1n) is 6.22.